The molecule has 0 fully saturated rings. The number of rotatable bonds is 8. The molecule has 0 spiro atoms. The van der Waals surface area contributed by atoms with Crippen molar-refractivity contribution in [2.24, 2.45) is 5.92 Å². The fraction of sp³-hybridized carbons (Fsp3) is 0.320. The van der Waals surface area contributed by atoms with Gasteiger partial charge in [-0.1, -0.05) is 39.0 Å². The van der Waals surface area contributed by atoms with Crippen LogP contribution in [0.25, 0.3) is 33.3 Å². The summed E-state index contributed by atoms with van der Waals surface area (Å²) in [4.78, 5) is 9.37. The van der Waals surface area contributed by atoms with Crippen molar-refractivity contribution in [2.75, 3.05) is 6.61 Å². The van der Waals surface area contributed by atoms with E-state index in [2.05, 4.69) is 67.4 Å². The monoisotopic (exact) mass is 400 g/mol. The van der Waals surface area contributed by atoms with Gasteiger partial charge >= 0.3 is 0 Å². The number of pyridine rings is 2. The third kappa shape index (κ3) is 4.51. The highest BCUT2D eigenvalue weighted by molar-refractivity contribution is 5.87. The Morgan fingerprint density at radius 1 is 1.07 bits per heavy atom. The third-order valence-corrected chi connectivity index (χ3v) is 5.08. The zero-order valence-corrected chi connectivity index (χ0v) is 17.9. The minimum absolute atomic E-state index is 0.643. The molecule has 154 valence electrons. The van der Waals surface area contributed by atoms with Gasteiger partial charge < -0.3 is 4.74 Å². The zero-order chi connectivity index (χ0) is 20.9. The molecule has 4 aromatic rings. The maximum Gasteiger partial charge on any atom is 0.213 e. The van der Waals surface area contributed by atoms with Gasteiger partial charge in [0.05, 0.1) is 24.0 Å². The number of aryl methyl sites for hydroxylation is 1. The first kappa shape index (κ1) is 20.1. The highest BCUT2D eigenvalue weighted by Gasteiger charge is 2.14. The van der Waals surface area contributed by atoms with Crippen LogP contribution in [0, 0.1) is 5.92 Å². The van der Waals surface area contributed by atoms with Gasteiger partial charge in [0.25, 0.3) is 0 Å². The predicted octanol–water partition coefficient (Wildman–Crippen LogP) is 6.00. The van der Waals surface area contributed by atoms with Gasteiger partial charge in [-0.2, -0.15) is 5.10 Å². The van der Waals surface area contributed by atoms with E-state index in [1.165, 1.54) is 0 Å². The molecule has 0 aliphatic carbocycles. The van der Waals surface area contributed by atoms with E-state index in [9.17, 15) is 0 Å². The molecule has 30 heavy (non-hydrogen) atoms. The van der Waals surface area contributed by atoms with Crippen molar-refractivity contribution >= 4 is 10.9 Å². The highest BCUT2D eigenvalue weighted by Crippen LogP contribution is 2.33. The van der Waals surface area contributed by atoms with Crippen molar-refractivity contribution in [3.05, 3.63) is 61.1 Å². The summed E-state index contributed by atoms with van der Waals surface area (Å²) in [5.74, 6) is 1.29. The van der Waals surface area contributed by atoms with Crippen molar-refractivity contribution in [1.29, 1.82) is 0 Å². The number of benzene rings is 1. The van der Waals surface area contributed by atoms with Gasteiger partial charge in [-0.15, -0.1) is 0 Å². The summed E-state index contributed by atoms with van der Waals surface area (Å²) in [6, 6.07) is 14.3. The van der Waals surface area contributed by atoms with Crippen molar-refractivity contribution in [3.63, 3.8) is 0 Å². The van der Waals surface area contributed by atoms with Gasteiger partial charge in [0.15, 0.2) is 0 Å². The van der Waals surface area contributed by atoms with Gasteiger partial charge in [0.2, 0.25) is 5.88 Å². The minimum atomic E-state index is 0.643. The summed E-state index contributed by atoms with van der Waals surface area (Å²) in [5, 5.41) is 5.68. The maximum absolute atomic E-state index is 5.82. The number of nitrogens with zero attached hydrogens (tertiary/aromatic N) is 4. The number of fused-ring (bicyclic) bond motifs is 1. The molecule has 3 aromatic heterocycles. The van der Waals surface area contributed by atoms with Crippen LogP contribution in [0.1, 0.15) is 33.6 Å². The molecule has 4 rings (SSSR count). The third-order valence-electron chi connectivity index (χ3n) is 5.08. The van der Waals surface area contributed by atoms with Gasteiger partial charge in [-0.05, 0) is 37.0 Å². The van der Waals surface area contributed by atoms with E-state index < -0.39 is 0 Å². The molecular formula is C25H28N4O. The van der Waals surface area contributed by atoms with Crippen LogP contribution < -0.4 is 4.74 Å². The fourth-order valence-corrected chi connectivity index (χ4v) is 3.41. The normalized spacial score (nSPS) is 11.3. The Balaban J connectivity index is 1.76. The Morgan fingerprint density at radius 2 is 1.97 bits per heavy atom. The molecule has 0 atom stereocenters. The van der Waals surface area contributed by atoms with Crippen LogP contribution in [0.5, 0.6) is 5.88 Å². The maximum atomic E-state index is 5.82. The van der Waals surface area contributed by atoms with E-state index in [0.717, 1.165) is 52.7 Å². The van der Waals surface area contributed by atoms with Crippen LogP contribution in [-0.4, -0.2) is 26.4 Å². The van der Waals surface area contributed by atoms with E-state index >= 15 is 0 Å². The Hall–Kier alpha value is -3.21. The Morgan fingerprint density at radius 3 is 2.80 bits per heavy atom. The fourth-order valence-electron chi connectivity index (χ4n) is 3.41. The molecule has 1 aromatic carbocycles. The molecule has 0 amide bonds. The van der Waals surface area contributed by atoms with Crippen LogP contribution >= 0.6 is 0 Å². The molecule has 0 radical (unpaired) electrons. The average Bonchev–Trinajstić information content (AvgIpc) is 3.24. The van der Waals surface area contributed by atoms with Crippen molar-refractivity contribution in [2.45, 2.75) is 40.2 Å². The number of hydrogen-bond donors (Lipinski definition) is 0. The molecule has 0 unspecified atom stereocenters. The summed E-state index contributed by atoms with van der Waals surface area (Å²) in [6.07, 6.45) is 7.90. The molecule has 0 aliphatic heterocycles. The molecule has 5 nitrogen and oxygen atoms in total. The summed E-state index contributed by atoms with van der Waals surface area (Å²) in [5.41, 5.74) is 4.97. The number of hydrogen-bond acceptors (Lipinski definition) is 4. The topological polar surface area (TPSA) is 52.8 Å². The van der Waals surface area contributed by atoms with E-state index in [-0.39, 0.29) is 0 Å². The smallest absolute Gasteiger partial charge is 0.213 e. The highest BCUT2D eigenvalue weighted by atomic mass is 16.5. The number of ether oxygens (including phenoxy) is 1. The molecule has 0 saturated heterocycles. The largest absolute Gasteiger partial charge is 0.478 e. The Kier molecular flexibility index (Phi) is 6.07. The quantitative estimate of drug-likeness (QED) is 0.364. The minimum Gasteiger partial charge on any atom is -0.478 e. The van der Waals surface area contributed by atoms with Crippen molar-refractivity contribution in [3.8, 4) is 28.3 Å². The molecule has 5 heteroatoms. The van der Waals surface area contributed by atoms with Gasteiger partial charge in [0, 0.05) is 47.1 Å². The first-order valence-corrected chi connectivity index (χ1v) is 10.7. The Labute approximate surface area is 177 Å². The summed E-state index contributed by atoms with van der Waals surface area (Å²) >= 11 is 0. The second kappa shape index (κ2) is 9.08. The lowest BCUT2D eigenvalue weighted by atomic mass is 10.0. The average molecular weight is 401 g/mol. The molecule has 0 N–H and O–H groups in total. The van der Waals surface area contributed by atoms with Gasteiger partial charge in [-0.25, -0.2) is 4.98 Å². The van der Waals surface area contributed by atoms with E-state index in [0.29, 0.717) is 18.4 Å². The van der Waals surface area contributed by atoms with E-state index in [1.54, 1.807) is 0 Å². The lowest BCUT2D eigenvalue weighted by Gasteiger charge is -2.11. The van der Waals surface area contributed by atoms with Gasteiger partial charge in [-0.3, -0.25) is 9.67 Å². The second-order valence-electron chi connectivity index (χ2n) is 7.98. The lowest BCUT2D eigenvalue weighted by molar-refractivity contribution is 0.306. The van der Waals surface area contributed by atoms with Crippen molar-refractivity contribution in [1.82, 2.24) is 19.7 Å². The summed E-state index contributed by atoms with van der Waals surface area (Å²) in [6.45, 7) is 8.12. The number of aromatic nitrogens is 4. The van der Waals surface area contributed by atoms with Crippen LogP contribution in [0.2, 0.25) is 0 Å². The molecule has 0 aliphatic rings. The molecule has 0 saturated carbocycles. The summed E-state index contributed by atoms with van der Waals surface area (Å²) in [7, 11) is 0. The first-order chi connectivity index (χ1) is 14.6. The van der Waals surface area contributed by atoms with E-state index in [1.807, 2.05) is 29.2 Å². The predicted molar refractivity (Wildman–Crippen MR) is 121 cm³/mol. The summed E-state index contributed by atoms with van der Waals surface area (Å²) < 4.78 is 7.83. The first-order valence-electron chi connectivity index (χ1n) is 10.7. The molecule has 3 heterocycles. The standard InChI is InChI=1S/C25H28N4O/c1-4-14-30-24-10-9-22(21-16-27-29(17-21)13-11-18(2)3)25(28-24)20-8-7-19-6-5-12-26-23(19)15-20/h5-10,12,15-18H,4,11,13-14H2,1-3H3. The zero-order valence-electron chi connectivity index (χ0n) is 17.9. The van der Waals surface area contributed by atoms with Crippen LogP contribution in [0.3, 0.4) is 0 Å². The van der Waals surface area contributed by atoms with Gasteiger partial charge in [0.1, 0.15) is 0 Å². The lowest BCUT2D eigenvalue weighted by Crippen LogP contribution is -2.01. The second-order valence-corrected chi connectivity index (χ2v) is 7.98. The van der Waals surface area contributed by atoms with Crippen LogP contribution in [-0.2, 0) is 6.54 Å². The van der Waals surface area contributed by atoms with E-state index in [4.69, 9.17) is 9.72 Å². The molecule has 0 bridgehead atoms. The van der Waals surface area contributed by atoms with Crippen LogP contribution in [0.15, 0.2) is 61.1 Å². The van der Waals surface area contributed by atoms with Crippen LogP contribution in [0.4, 0.5) is 0 Å². The Bertz CT molecular complexity index is 1130. The SMILES string of the molecule is CCCOc1ccc(-c2cnn(CCC(C)C)c2)c(-c2ccc3cccnc3c2)n1. The molecular weight excluding hydrogens is 372 g/mol. The van der Waals surface area contributed by atoms with Crippen molar-refractivity contribution < 1.29 is 4.74 Å².